The number of aryl methyl sites for hydroxylation is 2. The van der Waals surface area contributed by atoms with E-state index in [0.29, 0.717) is 24.4 Å². The van der Waals surface area contributed by atoms with Gasteiger partial charge in [-0.25, -0.2) is 28.5 Å². The smallest absolute Gasteiger partial charge is 0.322 e. The highest BCUT2D eigenvalue weighted by Crippen LogP contribution is 2.30. The fourth-order valence-electron chi connectivity index (χ4n) is 11.4. The number of benzene rings is 2. The molecule has 1 amide bonds. The van der Waals surface area contributed by atoms with Crippen LogP contribution in [0.25, 0.3) is 0 Å². The number of nitrogens with one attached hydrogen (secondary N) is 16. The van der Waals surface area contributed by atoms with Crippen molar-refractivity contribution in [1.82, 2.24) is 113 Å². The lowest BCUT2D eigenvalue weighted by atomic mass is 9.79. The number of amides is 1. The summed E-state index contributed by atoms with van der Waals surface area (Å²) in [7, 11) is 3.69. The Morgan fingerprint density at radius 2 is 0.993 bits per heavy atom. The Morgan fingerprint density at radius 1 is 0.542 bits per heavy atom. The van der Waals surface area contributed by atoms with Gasteiger partial charge in [-0.05, 0) is 346 Å². The van der Waals surface area contributed by atoms with Gasteiger partial charge in [0.25, 0.3) is 0 Å². The quantitative estimate of drug-likeness (QED) is 0.0187. The molecule has 2 aliphatic carbocycles. The van der Waals surface area contributed by atoms with Gasteiger partial charge in [-0.15, -0.1) is 10.2 Å². The Kier molecular flexibility index (Phi) is 59.1. The van der Waals surface area contributed by atoms with Crippen molar-refractivity contribution in [2.45, 2.75) is 426 Å². The number of imidazole rings is 1. The van der Waals surface area contributed by atoms with E-state index in [0.717, 1.165) is 73.9 Å². The molecule has 2 aromatic carbocycles. The number of Topliss-reactive ketones (excluding diaryl/α,β-unsaturated/α-hetero) is 3. The number of aromatic amines is 4. The maximum atomic E-state index is 11.5. The van der Waals surface area contributed by atoms with E-state index in [1.807, 2.05) is 127 Å². The molecule has 2 unspecified atom stereocenters. The predicted molar refractivity (Wildman–Crippen MR) is 586 cm³/mol. The monoisotopic (exact) mass is 2020 g/mol. The molecule has 0 spiro atoms. The minimum atomic E-state index is -3.14. The highest BCUT2D eigenvalue weighted by atomic mass is 32.2. The molecule has 2 aliphatic rings. The molecule has 0 saturated heterocycles. The third-order valence-electron chi connectivity index (χ3n) is 18.2. The summed E-state index contributed by atoms with van der Waals surface area (Å²) in [5, 5.41) is 77.9. The Bertz CT molecular complexity index is 4630. The molecule has 38 heteroatoms. The fraction of sp³-hybridized carbons (Fsp3) is 0.721. The summed E-state index contributed by atoms with van der Waals surface area (Å²) in [5.74, 6) is 2.10. The van der Waals surface area contributed by atoms with Crippen LogP contribution in [-0.4, -0.2) is 261 Å². The van der Waals surface area contributed by atoms with Gasteiger partial charge in [0.1, 0.15) is 36.1 Å². The van der Waals surface area contributed by atoms with Gasteiger partial charge in [0.2, 0.25) is 11.9 Å². The second-order valence-corrected chi connectivity index (χ2v) is 51.4. The number of H-pyrrole nitrogens is 4. The molecule has 37 nitrogen and oxygen atoms in total. The first kappa shape index (κ1) is 136. The molecule has 9 rings (SSSR count). The number of methoxy groups -OCH3 is 1. The molecule has 0 aliphatic heterocycles. The number of sulfone groups is 1. The molecular formula is C104H197N27O10S. The first-order chi connectivity index (χ1) is 64.0. The number of hydrogen-bond acceptors (Lipinski definition) is 30. The summed E-state index contributed by atoms with van der Waals surface area (Å²) in [5.41, 5.74) is 5.81. The van der Waals surface area contributed by atoms with Gasteiger partial charge in [-0.1, -0.05) is 36.8 Å². The highest BCUT2D eigenvalue weighted by molar-refractivity contribution is 7.93. The van der Waals surface area contributed by atoms with Crippen LogP contribution in [-0.2, 0) is 58.6 Å². The zero-order valence-corrected chi connectivity index (χ0v) is 97.3. The van der Waals surface area contributed by atoms with E-state index >= 15 is 0 Å². The van der Waals surface area contributed by atoms with Crippen LogP contribution in [0.15, 0.2) is 86.0 Å². The topological polar surface area (TPSA) is 498 Å². The number of nitrogens with zero attached hydrogens (tertiary/aromatic N) is 11. The molecule has 5 heterocycles. The van der Waals surface area contributed by atoms with E-state index in [-0.39, 0.29) is 137 Å². The molecule has 7 aromatic rings. The molecule has 2 fully saturated rings. The second-order valence-electron chi connectivity index (χ2n) is 49.1. The van der Waals surface area contributed by atoms with Crippen molar-refractivity contribution in [3.05, 3.63) is 109 Å². The number of anilines is 5. The van der Waals surface area contributed by atoms with Gasteiger partial charge >= 0.3 is 11.9 Å². The van der Waals surface area contributed by atoms with Gasteiger partial charge < -0.3 is 78.2 Å². The summed E-state index contributed by atoms with van der Waals surface area (Å²) in [4.78, 5) is 82.9. The standard InChI is InChI=1S/C12H17NO.C11H17N.C10H19NO3S.C10H21NO.C9H20N2O.C9H17NO2.C8H16N4.C8H15N3.C8H17NO2.C7H13N3.C6H13N5.C6H12N4/c1-9(14)10-5-7-11(8-6-10)13-12(2,3)4;1-9-5-7-10(8-6-9)12-11(2,3)4;1-10(2,3)11-6-8(12)7-15(13,14)9-4-5-9;1-8(12)10(5,6)7-11-9(2,3)4;1-7(8(12)11(5)6)10-9(2,3)4;1-9(2,3)10-7-4-6(5-7)8(11)12;1-8(2,3)10-5-4-7-9-6-11-12-7;1-8(2,3)10-7-5-9-11(4)6-7;1-6(7(10)11-5)9-8(2,3)4;1-7(2,3)10-6-8-4-5-9-6;1-6(2,3)7-4-5-8-10-11-9-5;1-6(2,3)9-5-7-4-8-10-5/h5-8,13H,1-4H3;5-8,12H,1-4H3;9,11H,4-7H2,1-3H3;11H,7H2,1-6H3;7,10H,1-6H3;6-7,10H,4-5H2,1-3H3,(H,11,12);6,10H,4-5H2,1-3H3,(H,9,11,12);5-6,10H,1-4H3;6,9H,1-5H3;4-5H,1-3H3,(H2,8,9,10);7H,4H2,1-3H3,(H,8,9,10,11);4H,1-3H3,(H2,7,8,9,10). The average Bonchev–Trinajstić information content (AvgIpc) is 1.59. The summed E-state index contributed by atoms with van der Waals surface area (Å²) >= 11 is 0. The molecule has 5 aromatic heterocycles. The second kappa shape index (κ2) is 61.6. The average molecular weight is 2020 g/mol. The van der Waals surface area contributed by atoms with E-state index in [9.17, 15) is 37.2 Å². The van der Waals surface area contributed by atoms with Crippen molar-refractivity contribution in [2.24, 2.45) is 18.4 Å². The zero-order valence-electron chi connectivity index (χ0n) is 96.5. The van der Waals surface area contributed by atoms with Gasteiger partial charge in [-0.3, -0.25) is 43.9 Å². The number of rotatable bonds is 25. The third-order valence-corrected chi connectivity index (χ3v) is 20.4. The largest absolute Gasteiger partial charge is 0.481 e. The summed E-state index contributed by atoms with van der Waals surface area (Å²) < 4.78 is 29.3. The highest BCUT2D eigenvalue weighted by Gasteiger charge is 2.38. The number of aliphatic carboxylic acids is 1. The van der Waals surface area contributed by atoms with Crippen molar-refractivity contribution in [3.63, 3.8) is 0 Å². The summed E-state index contributed by atoms with van der Waals surface area (Å²) in [6.07, 6.45) is 14.3. The maximum absolute atomic E-state index is 11.5. The number of aromatic nitrogens is 14. The molecule has 814 valence electrons. The lowest BCUT2D eigenvalue weighted by Gasteiger charge is -2.38. The first-order valence-electron chi connectivity index (χ1n) is 49.1. The van der Waals surface area contributed by atoms with Gasteiger partial charge in [0, 0.05) is 154 Å². The molecule has 2 saturated carbocycles. The SMILES string of the molecule is CC(=O)C(C)(C)CNC(C)(C)C.CC(=O)c1ccc(NC(C)(C)C)cc1.CC(C)(C)NC1CC(C(=O)O)C1.CC(C)(C)NCC(=O)CS(=O)(=O)C1CC1.CC(C)(C)NCCc1ncn[nH]1.CC(C)(C)NCc1nn[nH]n1.CC(C)(C)Nc1ncc[nH]1.CC(C)(C)Nc1ncn[nH]1.CC(NC(C)(C)C)C(=O)N(C)C.COC(=O)C(C)NC(C)(C)C.Cc1ccc(NC(C)(C)C)cc1.Cn1cc(NC(C)(C)C)cn1. The summed E-state index contributed by atoms with van der Waals surface area (Å²) in [6, 6.07) is 16.1. The van der Waals surface area contributed by atoms with Gasteiger partial charge in [0.05, 0.1) is 49.3 Å². The zero-order chi connectivity index (χ0) is 111. The van der Waals surface area contributed by atoms with Crippen molar-refractivity contribution in [2.75, 3.05) is 73.2 Å². The number of likely N-dealkylation sites (N-methyl/N-ethyl adjacent to an activating group) is 1. The molecule has 0 radical (unpaired) electrons. The normalized spacial score (nSPS) is 14.3. The van der Waals surface area contributed by atoms with Crippen molar-refractivity contribution < 1.29 is 47.0 Å². The van der Waals surface area contributed by atoms with Crippen molar-refractivity contribution in [1.29, 1.82) is 0 Å². The van der Waals surface area contributed by atoms with E-state index in [1.54, 1.807) is 56.8 Å². The lowest BCUT2D eigenvalue weighted by Crippen LogP contribution is -2.51. The van der Waals surface area contributed by atoms with Crippen LogP contribution in [0.1, 0.15) is 344 Å². The maximum Gasteiger partial charge on any atom is 0.322 e. The van der Waals surface area contributed by atoms with Crippen LogP contribution in [0, 0.1) is 18.3 Å². The number of carbonyl (C=O) groups is 6. The molecule has 2 atom stereocenters. The van der Waals surface area contributed by atoms with Gasteiger partial charge in [-0.2, -0.15) is 20.5 Å². The first-order valence-corrected chi connectivity index (χ1v) is 50.8. The number of ether oxygens (including phenoxy) is 1. The van der Waals surface area contributed by atoms with E-state index in [2.05, 4.69) is 353 Å². The Balaban J connectivity index is -0.00000149. The minimum Gasteiger partial charge on any atom is -0.481 e. The number of ketones is 3. The Labute approximate surface area is 855 Å². The number of esters is 1. The van der Waals surface area contributed by atoms with E-state index in [1.165, 1.54) is 31.0 Å². The summed E-state index contributed by atoms with van der Waals surface area (Å²) in [6.45, 7) is 90.3. The van der Waals surface area contributed by atoms with Gasteiger partial charge in [0.15, 0.2) is 33.2 Å². The van der Waals surface area contributed by atoms with Crippen molar-refractivity contribution >= 4 is 74.0 Å². The third kappa shape index (κ3) is 81.7. The molecule has 0 bridgehead atoms. The van der Waals surface area contributed by atoms with Crippen LogP contribution in [0.5, 0.6) is 0 Å². The van der Waals surface area contributed by atoms with E-state index in [4.69, 9.17) is 5.11 Å². The Morgan fingerprint density at radius 3 is 1.35 bits per heavy atom. The van der Waals surface area contributed by atoms with Crippen LogP contribution in [0.3, 0.4) is 0 Å². The van der Waals surface area contributed by atoms with Crippen LogP contribution in [0.4, 0.5) is 29.0 Å². The van der Waals surface area contributed by atoms with Crippen LogP contribution < -0.4 is 63.8 Å². The lowest BCUT2D eigenvalue weighted by molar-refractivity contribution is -0.145. The van der Waals surface area contributed by atoms with Crippen LogP contribution in [0.2, 0.25) is 0 Å². The molecule has 17 N–H and O–H groups in total. The number of carboxylic acids is 1. The predicted octanol–water partition coefficient (Wildman–Crippen LogP) is 16.9. The van der Waals surface area contributed by atoms with Crippen LogP contribution >= 0.6 is 0 Å². The molecule has 142 heavy (non-hydrogen) atoms. The minimum absolute atomic E-state index is 0.00884. The van der Waals surface area contributed by atoms with E-state index < -0.39 is 15.8 Å². The van der Waals surface area contributed by atoms with Crippen molar-refractivity contribution in [3.8, 4) is 0 Å². The Hall–Kier alpha value is -9.70. The molecular weight excluding hydrogens is 1820 g/mol. The number of hydrogen-bond donors (Lipinski definition) is 17. The number of carboxylic acid groups (broad SMARTS) is 1. The fourth-order valence-corrected chi connectivity index (χ4v) is 13.0. The number of tetrazole rings is 1. The number of carbonyl (C=O) groups excluding carboxylic acids is 5.